The van der Waals surface area contributed by atoms with Gasteiger partial charge in [-0.3, -0.25) is 9.59 Å². The number of aliphatic hydroxyl groups is 1. The van der Waals surface area contributed by atoms with Crippen LogP contribution in [-0.4, -0.2) is 37.0 Å². The summed E-state index contributed by atoms with van der Waals surface area (Å²) in [5.74, 6) is 1.63. The lowest BCUT2D eigenvalue weighted by Gasteiger charge is -2.56. The van der Waals surface area contributed by atoms with Gasteiger partial charge in [-0.05, 0) is 66.9 Å². The number of fused-ring (bicyclic) bond motifs is 5. The number of hydrogen-bond acceptors (Lipinski definition) is 4. The Balaban J connectivity index is 1.72. The van der Waals surface area contributed by atoms with E-state index in [1.165, 1.54) is 0 Å². The normalized spacial score (nSPS) is 44.1. The molecule has 0 amide bonds. The molecule has 0 spiro atoms. The highest BCUT2D eigenvalue weighted by atomic mass is 16.5. The maximum atomic E-state index is 12.3. The molecular weight excluding hydrogens is 328 g/mol. The summed E-state index contributed by atoms with van der Waals surface area (Å²) in [5.41, 5.74) is 1.09. The van der Waals surface area contributed by atoms with Gasteiger partial charge in [0.2, 0.25) is 0 Å². The van der Waals surface area contributed by atoms with Crippen molar-refractivity contribution in [1.29, 1.82) is 0 Å². The average Bonchev–Trinajstić information content (AvgIpc) is 2.99. The van der Waals surface area contributed by atoms with E-state index in [0.717, 1.165) is 37.7 Å². The second kappa shape index (κ2) is 6.42. The van der Waals surface area contributed by atoms with E-state index in [2.05, 4.69) is 19.1 Å². The molecule has 0 aromatic rings. The van der Waals surface area contributed by atoms with Gasteiger partial charge in [0.1, 0.15) is 6.61 Å². The number of aliphatic hydroxyl groups excluding tert-OH is 1. The van der Waals surface area contributed by atoms with Crippen LogP contribution in [0.15, 0.2) is 23.8 Å². The zero-order chi connectivity index (χ0) is 18.5. The number of ether oxygens (including phenoxy) is 1. The van der Waals surface area contributed by atoms with Gasteiger partial charge in [0.25, 0.3) is 0 Å². The van der Waals surface area contributed by atoms with E-state index in [1.807, 2.05) is 6.08 Å². The molecule has 4 rings (SSSR count). The monoisotopic (exact) mass is 358 g/mol. The van der Waals surface area contributed by atoms with Gasteiger partial charge in [-0.15, -0.1) is 0 Å². The molecule has 4 heteroatoms. The van der Waals surface area contributed by atoms with Gasteiger partial charge in [-0.1, -0.05) is 19.1 Å². The molecule has 2 saturated carbocycles. The summed E-state index contributed by atoms with van der Waals surface area (Å²) in [6.07, 6.45) is 11.9. The van der Waals surface area contributed by atoms with Crippen LogP contribution in [0.1, 0.15) is 45.4 Å². The van der Waals surface area contributed by atoms with E-state index in [4.69, 9.17) is 4.74 Å². The first-order chi connectivity index (χ1) is 12.5. The van der Waals surface area contributed by atoms with E-state index in [0.29, 0.717) is 30.8 Å². The minimum atomic E-state index is -0.334. The first-order valence-electron chi connectivity index (χ1n) is 10.0. The lowest BCUT2D eigenvalue weighted by Crippen LogP contribution is -2.52. The molecule has 2 fully saturated rings. The van der Waals surface area contributed by atoms with E-state index in [-0.39, 0.29) is 34.9 Å². The lowest BCUT2D eigenvalue weighted by molar-refractivity contribution is -0.132. The minimum Gasteiger partial charge on any atom is -0.389 e. The quantitative estimate of drug-likeness (QED) is 0.839. The summed E-state index contributed by atoms with van der Waals surface area (Å²) in [6, 6.07) is 0. The summed E-state index contributed by atoms with van der Waals surface area (Å²) in [4.78, 5) is 24.3. The van der Waals surface area contributed by atoms with Gasteiger partial charge >= 0.3 is 0 Å². The highest BCUT2D eigenvalue weighted by Crippen LogP contribution is 2.65. The van der Waals surface area contributed by atoms with Crippen LogP contribution in [0.5, 0.6) is 0 Å². The zero-order valence-corrected chi connectivity index (χ0v) is 15.9. The molecule has 0 aromatic carbocycles. The van der Waals surface area contributed by atoms with E-state index in [1.54, 1.807) is 7.11 Å². The molecule has 0 heterocycles. The molecule has 1 N–H and O–H groups in total. The van der Waals surface area contributed by atoms with E-state index < -0.39 is 0 Å². The molecule has 0 aromatic heterocycles. The number of rotatable bonds is 4. The Morgan fingerprint density at radius 1 is 1.27 bits per heavy atom. The molecule has 0 radical (unpaired) electrons. The third kappa shape index (κ3) is 2.41. The summed E-state index contributed by atoms with van der Waals surface area (Å²) in [5, 5.41) is 9.40. The summed E-state index contributed by atoms with van der Waals surface area (Å²) < 4.78 is 5.67. The van der Waals surface area contributed by atoms with Crippen molar-refractivity contribution in [2.75, 3.05) is 20.3 Å². The molecule has 4 aliphatic rings. The summed E-state index contributed by atoms with van der Waals surface area (Å²) in [6.45, 7) is 2.60. The Bertz CT molecular complexity index is 678. The summed E-state index contributed by atoms with van der Waals surface area (Å²) in [7, 11) is 1.76. The fraction of sp³-hybridized carbons (Fsp3) is 0.727. The molecule has 4 aliphatic carbocycles. The van der Waals surface area contributed by atoms with Crippen LogP contribution < -0.4 is 0 Å². The molecule has 26 heavy (non-hydrogen) atoms. The number of Topliss-reactive ketones (excluding diaryl/α,β-unsaturated/α-hetero) is 1. The number of methoxy groups -OCH3 is 1. The largest absolute Gasteiger partial charge is 0.389 e. The number of allylic oxidation sites excluding steroid dienone is 3. The van der Waals surface area contributed by atoms with Crippen molar-refractivity contribution in [3.63, 3.8) is 0 Å². The third-order valence-corrected chi connectivity index (χ3v) is 8.20. The van der Waals surface area contributed by atoms with Gasteiger partial charge in [0.05, 0.1) is 6.61 Å². The van der Waals surface area contributed by atoms with Crippen molar-refractivity contribution in [1.82, 2.24) is 0 Å². The minimum absolute atomic E-state index is 0.00454. The smallest absolute Gasteiger partial charge is 0.161 e. The van der Waals surface area contributed by atoms with Crippen molar-refractivity contribution in [2.45, 2.75) is 45.4 Å². The first kappa shape index (κ1) is 18.1. The Labute approximate surface area is 155 Å². The molecule has 0 unspecified atom stereocenters. The first-order valence-corrected chi connectivity index (χ1v) is 10.0. The second-order valence-corrected chi connectivity index (χ2v) is 9.10. The maximum absolute atomic E-state index is 12.3. The van der Waals surface area contributed by atoms with E-state index >= 15 is 0 Å². The number of hydrogen-bond donors (Lipinski definition) is 1. The van der Waals surface area contributed by atoms with Crippen LogP contribution in [0.3, 0.4) is 0 Å². The fourth-order valence-corrected chi connectivity index (χ4v) is 6.98. The highest BCUT2D eigenvalue weighted by molar-refractivity contribution is 5.92. The van der Waals surface area contributed by atoms with Crippen LogP contribution in [0.25, 0.3) is 0 Å². The molecule has 0 aliphatic heterocycles. The Morgan fingerprint density at radius 2 is 2.08 bits per heavy atom. The van der Waals surface area contributed by atoms with E-state index in [9.17, 15) is 14.7 Å². The van der Waals surface area contributed by atoms with Gasteiger partial charge in [0.15, 0.2) is 11.6 Å². The average molecular weight is 358 g/mol. The maximum Gasteiger partial charge on any atom is 0.161 e. The topological polar surface area (TPSA) is 63.6 Å². The Morgan fingerprint density at radius 3 is 2.81 bits per heavy atom. The third-order valence-electron chi connectivity index (χ3n) is 8.20. The van der Waals surface area contributed by atoms with Crippen LogP contribution >= 0.6 is 0 Å². The van der Waals surface area contributed by atoms with Crippen LogP contribution in [0.4, 0.5) is 0 Å². The molecule has 6 atom stereocenters. The van der Waals surface area contributed by atoms with Crippen molar-refractivity contribution in [3.8, 4) is 0 Å². The summed E-state index contributed by atoms with van der Waals surface area (Å²) >= 11 is 0. The van der Waals surface area contributed by atoms with Gasteiger partial charge in [0, 0.05) is 24.9 Å². The Kier molecular flexibility index (Phi) is 4.47. The van der Waals surface area contributed by atoms with Crippen molar-refractivity contribution >= 4 is 11.6 Å². The Hall–Kier alpha value is -1.26. The van der Waals surface area contributed by atoms with Crippen LogP contribution in [0, 0.1) is 34.5 Å². The predicted molar refractivity (Wildman–Crippen MR) is 98.4 cm³/mol. The van der Waals surface area contributed by atoms with Crippen molar-refractivity contribution in [2.24, 2.45) is 34.5 Å². The van der Waals surface area contributed by atoms with Gasteiger partial charge in [-0.25, -0.2) is 0 Å². The molecule has 142 valence electrons. The lowest BCUT2D eigenvalue weighted by atomic mass is 9.48. The number of ketones is 2. The van der Waals surface area contributed by atoms with Crippen molar-refractivity contribution < 1.29 is 19.4 Å². The van der Waals surface area contributed by atoms with Crippen LogP contribution in [-0.2, 0) is 14.3 Å². The number of carbonyl (C=O) groups excluding carboxylic acids is 2. The SMILES string of the molecule is COC[C@]12CCC(=O)C=C1C=C[C@@H]1[C@@H]2CC[C@]2(C)[C@@H](C(=O)CO)CC[C@@H]12. The van der Waals surface area contributed by atoms with Gasteiger partial charge in [-0.2, -0.15) is 0 Å². The predicted octanol–water partition coefficient (Wildman–Crippen LogP) is 3.10. The zero-order valence-electron chi connectivity index (χ0n) is 15.9. The van der Waals surface area contributed by atoms with Crippen molar-refractivity contribution in [3.05, 3.63) is 23.8 Å². The second-order valence-electron chi connectivity index (χ2n) is 9.10. The van der Waals surface area contributed by atoms with Gasteiger partial charge < -0.3 is 9.84 Å². The fourth-order valence-electron chi connectivity index (χ4n) is 6.98. The molecule has 0 saturated heterocycles. The molecule has 0 bridgehead atoms. The number of carbonyl (C=O) groups is 2. The standard InChI is InChI=1S/C22H30O4/c1-21-9-8-18-16(17(21)5-6-19(21)20(25)12-23)4-3-14-11-15(24)7-10-22(14,18)13-26-2/h3-4,11,16-19,23H,5-10,12-13H2,1-2H3/t16-,17-,18-,19+,21-,22+/m0/s1. The molecule has 4 nitrogen and oxygen atoms in total. The van der Waals surface area contributed by atoms with Crippen LogP contribution in [0.2, 0.25) is 0 Å². The molecular formula is C22H30O4. The highest BCUT2D eigenvalue weighted by Gasteiger charge is 2.60.